The van der Waals surface area contributed by atoms with Gasteiger partial charge in [0.05, 0.1) is 10.5 Å². The molecule has 0 fully saturated rings. The summed E-state index contributed by atoms with van der Waals surface area (Å²) in [6.07, 6.45) is 0. The number of hydrogen-bond acceptors (Lipinski definition) is 3. The van der Waals surface area contributed by atoms with Gasteiger partial charge >= 0.3 is 5.97 Å². The van der Waals surface area contributed by atoms with Gasteiger partial charge in [-0.25, -0.2) is 13.2 Å². The number of aryl methyl sites for hydroxylation is 1. The van der Waals surface area contributed by atoms with Crippen molar-refractivity contribution in [2.45, 2.75) is 11.8 Å². The first-order valence-corrected chi connectivity index (χ1v) is 8.48. The normalized spacial score (nSPS) is 11.1. The first-order valence-electron chi connectivity index (χ1n) is 5.92. The Morgan fingerprint density at radius 2 is 1.76 bits per heavy atom. The third-order valence-electron chi connectivity index (χ3n) is 2.84. The molecule has 0 amide bonds. The molecule has 0 bridgehead atoms. The lowest BCUT2D eigenvalue weighted by Crippen LogP contribution is -2.13. The van der Waals surface area contributed by atoms with Crippen LogP contribution in [0.25, 0.3) is 0 Å². The van der Waals surface area contributed by atoms with Crippen LogP contribution in [0.1, 0.15) is 15.9 Å². The number of rotatable bonds is 4. The molecule has 5 nitrogen and oxygen atoms in total. The SMILES string of the molecule is Cc1ccc(NS(=O)(=O)c2ccc(C(=O)O)cc2)cc1I. The van der Waals surface area contributed by atoms with Crippen LogP contribution >= 0.6 is 22.6 Å². The first kappa shape index (κ1) is 15.8. The highest BCUT2D eigenvalue weighted by atomic mass is 127. The van der Waals surface area contributed by atoms with Gasteiger partial charge in [-0.15, -0.1) is 0 Å². The zero-order valence-corrected chi connectivity index (χ0v) is 14.0. The minimum atomic E-state index is -3.73. The van der Waals surface area contributed by atoms with Gasteiger partial charge in [-0.05, 0) is 71.5 Å². The van der Waals surface area contributed by atoms with Crippen LogP contribution < -0.4 is 4.72 Å². The maximum atomic E-state index is 12.2. The third kappa shape index (κ3) is 3.73. The smallest absolute Gasteiger partial charge is 0.335 e. The average Bonchev–Trinajstić information content (AvgIpc) is 2.43. The Morgan fingerprint density at radius 1 is 1.14 bits per heavy atom. The van der Waals surface area contributed by atoms with Crippen molar-refractivity contribution in [3.63, 3.8) is 0 Å². The van der Waals surface area contributed by atoms with Crippen LogP contribution in [-0.4, -0.2) is 19.5 Å². The number of carboxylic acids is 1. The molecule has 110 valence electrons. The summed E-state index contributed by atoms with van der Waals surface area (Å²) in [6.45, 7) is 1.94. The number of nitrogens with one attached hydrogen (secondary N) is 1. The highest BCUT2D eigenvalue weighted by molar-refractivity contribution is 14.1. The summed E-state index contributed by atoms with van der Waals surface area (Å²) in [5, 5.41) is 8.80. The van der Waals surface area contributed by atoms with Crippen LogP contribution in [0.5, 0.6) is 0 Å². The van der Waals surface area contributed by atoms with Gasteiger partial charge in [-0.3, -0.25) is 4.72 Å². The van der Waals surface area contributed by atoms with Gasteiger partial charge < -0.3 is 5.11 Å². The van der Waals surface area contributed by atoms with Gasteiger partial charge in [0.25, 0.3) is 10.0 Å². The molecule has 2 N–H and O–H groups in total. The molecule has 21 heavy (non-hydrogen) atoms. The number of carbonyl (C=O) groups is 1. The van der Waals surface area contributed by atoms with E-state index in [0.717, 1.165) is 9.13 Å². The topological polar surface area (TPSA) is 83.5 Å². The van der Waals surface area contributed by atoms with Crippen molar-refractivity contribution < 1.29 is 18.3 Å². The zero-order chi connectivity index (χ0) is 15.6. The van der Waals surface area contributed by atoms with Gasteiger partial charge in [0.15, 0.2) is 0 Å². The fourth-order valence-electron chi connectivity index (χ4n) is 1.65. The van der Waals surface area contributed by atoms with Gasteiger partial charge in [-0.2, -0.15) is 0 Å². The van der Waals surface area contributed by atoms with Crippen LogP contribution in [0.4, 0.5) is 5.69 Å². The van der Waals surface area contributed by atoms with Crippen molar-refractivity contribution in [3.05, 3.63) is 57.2 Å². The van der Waals surface area contributed by atoms with E-state index in [4.69, 9.17) is 5.11 Å². The number of benzene rings is 2. The Labute approximate surface area is 136 Å². The lowest BCUT2D eigenvalue weighted by atomic mass is 10.2. The number of sulfonamides is 1. The summed E-state index contributed by atoms with van der Waals surface area (Å²) in [7, 11) is -3.73. The summed E-state index contributed by atoms with van der Waals surface area (Å²) in [5.41, 5.74) is 1.57. The highest BCUT2D eigenvalue weighted by Crippen LogP contribution is 2.20. The minimum Gasteiger partial charge on any atom is -0.478 e. The van der Waals surface area contributed by atoms with Gasteiger partial charge in [0, 0.05) is 9.26 Å². The molecule has 0 aromatic heterocycles. The monoisotopic (exact) mass is 417 g/mol. The fraction of sp³-hybridized carbons (Fsp3) is 0.0714. The molecule has 0 aliphatic rings. The van der Waals surface area contributed by atoms with Crippen LogP contribution in [0, 0.1) is 10.5 Å². The number of hydrogen-bond donors (Lipinski definition) is 2. The van der Waals surface area contributed by atoms with Crippen molar-refractivity contribution in [2.75, 3.05) is 4.72 Å². The summed E-state index contributed by atoms with van der Waals surface area (Å²) in [6, 6.07) is 10.3. The molecule has 0 saturated heterocycles. The fourth-order valence-corrected chi connectivity index (χ4v) is 3.21. The Balaban J connectivity index is 2.29. The number of carboxylic acid groups (broad SMARTS) is 1. The summed E-state index contributed by atoms with van der Waals surface area (Å²) in [5.74, 6) is -1.10. The lowest BCUT2D eigenvalue weighted by Gasteiger charge is -2.09. The maximum Gasteiger partial charge on any atom is 0.335 e. The predicted octanol–water partition coefficient (Wildman–Crippen LogP) is 3.10. The van der Waals surface area contributed by atoms with Gasteiger partial charge in [0.2, 0.25) is 0 Å². The molecule has 7 heteroatoms. The molecule has 0 spiro atoms. The third-order valence-corrected chi connectivity index (χ3v) is 5.40. The zero-order valence-electron chi connectivity index (χ0n) is 11.0. The second-order valence-electron chi connectivity index (χ2n) is 4.40. The van der Waals surface area contributed by atoms with E-state index in [2.05, 4.69) is 27.3 Å². The Hall–Kier alpha value is -1.61. The summed E-state index contributed by atoms with van der Waals surface area (Å²) < 4.78 is 27.9. The number of halogens is 1. The first-order chi connectivity index (χ1) is 9.79. The van der Waals surface area contributed by atoms with E-state index in [-0.39, 0.29) is 10.5 Å². The summed E-state index contributed by atoms with van der Waals surface area (Å²) in [4.78, 5) is 10.8. The molecule has 0 radical (unpaired) electrons. The Morgan fingerprint density at radius 3 is 2.29 bits per heavy atom. The molecule has 0 aliphatic carbocycles. The Kier molecular flexibility index (Phi) is 4.52. The predicted molar refractivity (Wildman–Crippen MR) is 88.1 cm³/mol. The average molecular weight is 417 g/mol. The van der Waals surface area contributed by atoms with E-state index in [1.165, 1.54) is 24.3 Å². The van der Waals surface area contributed by atoms with Crippen molar-refractivity contribution in [3.8, 4) is 0 Å². The molecule has 2 aromatic carbocycles. The maximum absolute atomic E-state index is 12.2. The quantitative estimate of drug-likeness (QED) is 0.750. The molecular weight excluding hydrogens is 405 g/mol. The van der Waals surface area contributed by atoms with E-state index in [1.54, 1.807) is 12.1 Å². The van der Waals surface area contributed by atoms with E-state index in [1.807, 2.05) is 13.0 Å². The molecule has 2 rings (SSSR count). The van der Waals surface area contributed by atoms with Gasteiger partial charge in [-0.1, -0.05) is 6.07 Å². The molecular formula is C14H12INO4S. The number of anilines is 1. The molecule has 0 aliphatic heterocycles. The van der Waals surface area contributed by atoms with Gasteiger partial charge in [0.1, 0.15) is 0 Å². The van der Waals surface area contributed by atoms with E-state index >= 15 is 0 Å². The second-order valence-corrected chi connectivity index (χ2v) is 7.24. The number of aromatic carboxylic acids is 1. The minimum absolute atomic E-state index is 0.0167. The molecule has 0 unspecified atom stereocenters. The lowest BCUT2D eigenvalue weighted by molar-refractivity contribution is 0.0697. The van der Waals surface area contributed by atoms with Crippen molar-refractivity contribution in [2.24, 2.45) is 0 Å². The van der Waals surface area contributed by atoms with Crippen molar-refractivity contribution in [1.29, 1.82) is 0 Å². The van der Waals surface area contributed by atoms with Crippen LogP contribution in [0.15, 0.2) is 47.4 Å². The van der Waals surface area contributed by atoms with Crippen LogP contribution in [0.3, 0.4) is 0 Å². The van der Waals surface area contributed by atoms with E-state index < -0.39 is 16.0 Å². The molecule has 0 heterocycles. The highest BCUT2D eigenvalue weighted by Gasteiger charge is 2.15. The van der Waals surface area contributed by atoms with Crippen LogP contribution in [-0.2, 0) is 10.0 Å². The Bertz CT molecular complexity index is 785. The van der Waals surface area contributed by atoms with Crippen LogP contribution in [0.2, 0.25) is 0 Å². The van der Waals surface area contributed by atoms with Crippen molar-refractivity contribution in [1.82, 2.24) is 0 Å². The summed E-state index contributed by atoms with van der Waals surface area (Å²) >= 11 is 2.13. The van der Waals surface area contributed by atoms with E-state index in [9.17, 15) is 13.2 Å². The standard InChI is InChI=1S/C14H12INO4S/c1-9-2-5-11(8-13(9)15)16-21(19,20)12-6-3-10(4-7-12)14(17)18/h2-8,16H,1H3,(H,17,18). The van der Waals surface area contributed by atoms with Crippen molar-refractivity contribution >= 4 is 44.3 Å². The van der Waals surface area contributed by atoms with E-state index in [0.29, 0.717) is 5.69 Å². The second kappa shape index (κ2) is 6.02. The molecule has 0 saturated carbocycles. The largest absolute Gasteiger partial charge is 0.478 e. The molecule has 2 aromatic rings. The molecule has 0 atom stereocenters.